The third-order valence-electron chi connectivity index (χ3n) is 6.36. The Labute approximate surface area is 196 Å². The minimum Gasteiger partial charge on any atom is -0.444 e. The summed E-state index contributed by atoms with van der Waals surface area (Å²) in [6.45, 7) is 8.49. The first-order valence-electron chi connectivity index (χ1n) is 11.7. The van der Waals surface area contributed by atoms with Crippen molar-refractivity contribution < 1.29 is 4.42 Å². The largest absolute Gasteiger partial charge is 0.444 e. The Hall–Kier alpha value is -3.13. The summed E-state index contributed by atoms with van der Waals surface area (Å²) in [6, 6.07) is 10.3. The van der Waals surface area contributed by atoms with E-state index in [4.69, 9.17) is 4.42 Å². The Balaban J connectivity index is 1.22. The second kappa shape index (κ2) is 10.7. The number of nitrogens with zero attached hydrogens (tertiary/aromatic N) is 5. The van der Waals surface area contributed by atoms with Gasteiger partial charge in [-0.25, -0.2) is 9.97 Å². The molecule has 0 saturated carbocycles. The van der Waals surface area contributed by atoms with Crippen molar-refractivity contribution in [3.05, 3.63) is 59.7 Å². The van der Waals surface area contributed by atoms with Gasteiger partial charge in [-0.3, -0.25) is 9.89 Å². The molecule has 0 unspecified atom stereocenters. The van der Waals surface area contributed by atoms with Gasteiger partial charge in [0.1, 0.15) is 11.6 Å². The van der Waals surface area contributed by atoms with Crippen molar-refractivity contribution in [2.24, 2.45) is 10.9 Å². The van der Waals surface area contributed by atoms with Crippen LogP contribution in [0, 0.1) is 19.8 Å². The molecule has 33 heavy (non-hydrogen) atoms. The molecule has 0 atom stereocenters. The van der Waals surface area contributed by atoms with E-state index in [1.807, 2.05) is 52.3 Å². The Morgan fingerprint density at radius 1 is 1.24 bits per heavy atom. The first-order chi connectivity index (χ1) is 16.0. The van der Waals surface area contributed by atoms with Crippen molar-refractivity contribution in [1.82, 2.24) is 30.1 Å². The number of likely N-dealkylation sites (tertiary alicyclic amines) is 1. The topological polar surface area (TPSA) is 85.6 Å². The molecule has 8 nitrogen and oxygen atoms in total. The molecule has 0 aliphatic carbocycles. The quantitative estimate of drug-likeness (QED) is 0.423. The zero-order valence-electron chi connectivity index (χ0n) is 20.1. The number of aromatic amines is 1. The third kappa shape index (κ3) is 6.01. The van der Waals surface area contributed by atoms with E-state index in [1.54, 1.807) is 0 Å². The minimum absolute atomic E-state index is 0.632. The molecular formula is C25H35N7O. The average Bonchev–Trinajstić information content (AvgIpc) is 3.41. The average molecular weight is 450 g/mol. The summed E-state index contributed by atoms with van der Waals surface area (Å²) >= 11 is 0. The molecule has 1 aromatic carbocycles. The van der Waals surface area contributed by atoms with Gasteiger partial charge in [0.15, 0.2) is 5.96 Å². The smallest absolute Gasteiger partial charge is 0.208 e. The van der Waals surface area contributed by atoms with Crippen molar-refractivity contribution in [2.75, 3.05) is 33.7 Å². The molecule has 0 radical (unpaired) electrons. The van der Waals surface area contributed by atoms with Gasteiger partial charge in [-0.1, -0.05) is 30.3 Å². The molecule has 1 aliphatic heterocycles. The minimum atomic E-state index is 0.632. The van der Waals surface area contributed by atoms with E-state index in [0.717, 1.165) is 79.4 Å². The summed E-state index contributed by atoms with van der Waals surface area (Å²) in [5.41, 5.74) is 3.16. The summed E-state index contributed by atoms with van der Waals surface area (Å²) in [6.07, 6.45) is 4.21. The fourth-order valence-electron chi connectivity index (χ4n) is 4.27. The standard InChI is InChI=1S/C25H35N7O/c1-18-19(2)33-24(29-18)17-32-12-10-20(11-13-32)14-28-25(26-3)31(4)16-23-27-15-22(30-23)21-8-6-5-7-9-21/h5-9,15,20H,10-14,16-17H2,1-4H3,(H,26,28)(H,27,30). The molecule has 176 valence electrons. The Kier molecular flexibility index (Phi) is 7.44. The zero-order valence-corrected chi connectivity index (χ0v) is 20.1. The van der Waals surface area contributed by atoms with Crippen LogP contribution in [0.2, 0.25) is 0 Å². The molecular weight excluding hydrogens is 414 g/mol. The van der Waals surface area contributed by atoms with Crippen LogP contribution in [0.1, 0.15) is 36.0 Å². The first-order valence-corrected chi connectivity index (χ1v) is 11.7. The first kappa shape index (κ1) is 23.0. The van der Waals surface area contributed by atoms with Crippen molar-refractivity contribution in [1.29, 1.82) is 0 Å². The lowest BCUT2D eigenvalue weighted by Gasteiger charge is -2.32. The van der Waals surface area contributed by atoms with Crippen LogP contribution in [0.5, 0.6) is 0 Å². The second-order valence-corrected chi connectivity index (χ2v) is 8.86. The molecule has 2 aromatic heterocycles. The molecule has 0 spiro atoms. The monoisotopic (exact) mass is 449 g/mol. The summed E-state index contributed by atoms with van der Waals surface area (Å²) in [5.74, 6) is 4.19. The van der Waals surface area contributed by atoms with E-state index in [2.05, 4.69) is 47.2 Å². The highest BCUT2D eigenvalue weighted by atomic mass is 16.4. The molecule has 3 heterocycles. The number of imidazole rings is 1. The number of H-pyrrole nitrogens is 1. The number of nitrogens with one attached hydrogen (secondary N) is 2. The predicted molar refractivity (Wildman–Crippen MR) is 131 cm³/mol. The molecule has 2 N–H and O–H groups in total. The van der Waals surface area contributed by atoms with Crippen LogP contribution < -0.4 is 5.32 Å². The highest BCUT2D eigenvalue weighted by Gasteiger charge is 2.21. The summed E-state index contributed by atoms with van der Waals surface area (Å²) in [5, 5.41) is 3.56. The molecule has 8 heteroatoms. The predicted octanol–water partition coefficient (Wildman–Crippen LogP) is 3.60. The van der Waals surface area contributed by atoms with Crippen LogP contribution in [0.25, 0.3) is 11.3 Å². The van der Waals surface area contributed by atoms with Gasteiger partial charge in [-0.05, 0) is 51.3 Å². The van der Waals surface area contributed by atoms with Crippen molar-refractivity contribution in [3.8, 4) is 11.3 Å². The summed E-state index contributed by atoms with van der Waals surface area (Å²) < 4.78 is 5.75. The number of aromatic nitrogens is 3. The number of guanidine groups is 1. The fraction of sp³-hybridized carbons (Fsp3) is 0.480. The highest BCUT2D eigenvalue weighted by Crippen LogP contribution is 2.20. The maximum atomic E-state index is 5.75. The van der Waals surface area contributed by atoms with E-state index in [1.165, 1.54) is 0 Å². The van der Waals surface area contributed by atoms with Crippen molar-refractivity contribution >= 4 is 5.96 Å². The van der Waals surface area contributed by atoms with Gasteiger partial charge in [-0.15, -0.1) is 0 Å². The molecule has 4 rings (SSSR count). The van der Waals surface area contributed by atoms with E-state index in [0.29, 0.717) is 12.5 Å². The number of piperidine rings is 1. The van der Waals surface area contributed by atoms with Crippen LogP contribution >= 0.6 is 0 Å². The lowest BCUT2D eigenvalue weighted by molar-refractivity contribution is 0.163. The van der Waals surface area contributed by atoms with Gasteiger partial charge in [0.25, 0.3) is 0 Å². The number of aryl methyl sites for hydroxylation is 2. The second-order valence-electron chi connectivity index (χ2n) is 8.86. The molecule has 1 saturated heterocycles. The van der Waals surface area contributed by atoms with Gasteiger partial charge < -0.3 is 19.6 Å². The molecule has 0 amide bonds. The lowest BCUT2D eigenvalue weighted by Crippen LogP contribution is -2.43. The Morgan fingerprint density at radius 2 is 2.00 bits per heavy atom. The van der Waals surface area contributed by atoms with Crippen LogP contribution in [0.15, 0.2) is 45.9 Å². The fourth-order valence-corrected chi connectivity index (χ4v) is 4.27. The summed E-state index contributed by atoms with van der Waals surface area (Å²) in [7, 11) is 3.88. The Bertz CT molecular complexity index is 1030. The molecule has 3 aromatic rings. The van der Waals surface area contributed by atoms with Crippen LogP contribution in [-0.2, 0) is 13.1 Å². The zero-order chi connectivity index (χ0) is 23.2. The van der Waals surface area contributed by atoms with Gasteiger partial charge in [0.2, 0.25) is 5.89 Å². The maximum Gasteiger partial charge on any atom is 0.208 e. The van der Waals surface area contributed by atoms with E-state index in [-0.39, 0.29) is 0 Å². The van der Waals surface area contributed by atoms with E-state index >= 15 is 0 Å². The number of rotatable bonds is 7. The SMILES string of the molecule is CN=C(NCC1CCN(Cc2nc(C)c(C)o2)CC1)N(C)Cc1ncc(-c2ccccc2)[nH]1. The normalized spacial score (nSPS) is 15.7. The van der Waals surface area contributed by atoms with E-state index in [9.17, 15) is 0 Å². The van der Waals surface area contributed by atoms with Crippen LogP contribution in [0.4, 0.5) is 0 Å². The number of aliphatic imine (C=N–C) groups is 1. The molecule has 1 fully saturated rings. The van der Waals surface area contributed by atoms with Crippen molar-refractivity contribution in [2.45, 2.75) is 39.8 Å². The Morgan fingerprint density at radius 3 is 2.67 bits per heavy atom. The maximum absolute atomic E-state index is 5.75. The van der Waals surface area contributed by atoms with Gasteiger partial charge in [0.05, 0.1) is 30.7 Å². The van der Waals surface area contributed by atoms with Crippen LogP contribution in [0.3, 0.4) is 0 Å². The third-order valence-corrected chi connectivity index (χ3v) is 6.36. The van der Waals surface area contributed by atoms with Gasteiger partial charge in [-0.2, -0.15) is 0 Å². The van der Waals surface area contributed by atoms with Crippen molar-refractivity contribution in [3.63, 3.8) is 0 Å². The molecule has 0 bridgehead atoms. The number of hydrogen-bond acceptors (Lipinski definition) is 5. The van der Waals surface area contributed by atoms with Crippen LogP contribution in [-0.4, -0.2) is 64.4 Å². The number of hydrogen-bond donors (Lipinski definition) is 2. The lowest BCUT2D eigenvalue weighted by atomic mass is 9.97. The molecule has 1 aliphatic rings. The number of oxazole rings is 1. The van der Waals surface area contributed by atoms with Gasteiger partial charge in [0, 0.05) is 20.6 Å². The number of benzene rings is 1. The van der Waals surface area contributed by atoms with E-state index < -0.39 is 0 Å². The highest BCUT2D eigenvalue weighted by molar-refractivity contribution is 5.79. The summed E-state index contributed by atoms with van der Waals surface area (Å²) in [4.78, 5) is 21.5. The van der Waals surface area contributed by atoms with Gasteiger partial charge >= 0.3 is 0 Å².